The van der Waals surface area contributed by atoms with Crippen molar-refractivity contribution in [2.24, 2.45) is 76.4 Å². The van der Waals surface area contributed by atoms with Crippen molar-refractivity contribution >= 4 is 0 Å². The molecule has 0 radical (unpaired) electrons. The molecule has 8 atom stereocenters. The standard InChI is InChI=1S/C16H18/c1-2-16(1)14-10-8-5-3-4-6(8)7(4)9(5)11(14)13-12(10)15(13)16/h4-15H,1-3H2. The highest BCUT2D eigenvalue weighted by atomic mass is 15.0. The Morgan fingerprint density at radius 1 is 0.562 bits per heavy atom. The SMILES string of the molecule is C1C2C3C2C2C1C3C1C3C4C2C1C1(CC1)C34. The number of hydrogen-bond donors (Lipinski definition) is 0. The van der Waals surface area contributed by atoms with E-state index in [0.29, 0.717) is 0 Å². The maximum absolute atomic E-state index is 1.71. The summed E-state index contributed by atoms with van der Waals surface area (Å²) >= 11 is 0. The van der Waals surface area contributed by atoms with Crippen molar-refractivity contribution in [3.05, 3.63) is 0 Å². The van der Waals surface area contributed by atoms with Crippen molar-refractivity contribution in [2.45, 2.75) is 19.3 Å². The van der Waals surface area contributed by atoms with Gasteiger partial charge < -0.3 is 0 Å². The van der Waals surface area contributed by atoms with Gasteiger partial charge in [0.2, 0.25) is 0 Å². The molecule has 0 amide bonds. The van der Waals surface area contributed by atoms with E-state index in [1.807, 2.05) is 0 Å². The van der Waals surface area contributed by atoms with Gasteiger partial charge in [-0.3, -0.25) is 0 Å². The summed E-state index contributed by atoms with van der Waals surface area (Å²) in [5, 5.41) is 0. The Bertz CT molecular complexity index is 456. The van der Waals surface area contributed by atoms with E-state index < -0.39 is 0 Å². The molecule has 1 spiro atoms. The smallest absolute Gasteiger partial charge is 0.0229 e. The van der Waals surface area contributed by atoms with Gasteiger partial charge in [0.05, 0.1) is 0 Å². The molecule has 10 fully saturated rings. The lowest BCUT2D eigenvalue weighted by atomic mass is 9.64. The summed E-state index contributed by atoms with van der Waals surface area (Å²) in [4.78, 5) is 0. The van der Waals surface area contributed by atoms with Crippen LogP contribution in [0, 0.1) is 76.4 Å². The second-order valence-corrected chi connectivity index (χ2v) is 8.97. The molecular weight excluding hydrogens is 192 g/mol. The van der Waals surface area contributed by atoms with E-state index in [0.717, 1.165) is 5.41 Å². The molecule has 0 aromatic heterocycles. The first-order valence-electron chi connectivity index (χ1n) is 7.93. The normalized spacial score (nSPS) is 91.5. The molecule has 8 unspecified atom stereocenters. The molecule has 0 nitrogen and oxygen atoms in total. The van der Waals surface area contributed by atoms with Crippen LogP contribution in [0.4, 0.5) is 0 Å². The van der Waals surface area contributed by atoms with Crippen LogP contribution in [0.1, 0.15) is 19.3 Å². The van der Waals surface area contributed by atoms with E-state index in [9.17, 15) is 0 Å². The van der Waals surface area contributed by atoms with Gasteiger partial charge >= 0.3 is 0 Å². The van der Waals surface area contributed by atoms with Gasteiger partial charge in [0.25, 0.3) is 0 Å². The predicted molar refractivity (Wildman–Crippen MR) is 58.2 cm³/mol. The predicted octanol–water partition coefficient (Wildman–Crippen LogP) is 2.65. The van der Waals surface area contributed by atoms with E-state index in [2.05, 4.69) is 0 Å². The fraction of sp³-hybridized carbons (Fsp3) is 1.00. The molecule has 0 aromatic carbocycles. The molecule has 12 bridgehead atoms. The molecule has 16 heavy (non-hydrogen) atoms. The minimum atomic E-state index is 1.02. The molecule has 0 aromatic rings. The Morgan fingerprint density at radius 2 is 1.00 bits per heavy atom. The minimum Gasteiger partial charge on any atom is -0.0465 e. The second kappa shape index (κ2) is 1.45. The van der Waals surface area contributed by atoms with Crippen molar-refractivity contribution in [1.82, 2.24) is 0 Å². The summed E-state index contributed by atoms with van der Waals surface area (Å²) in [6, 6.07) is 0. The number of rotatable bonds is 0. The van der Waals surface area contributed by atoms with Crippen molar-refractivity contribution < 1.29 is 0 Å². The van der Waals surface area contributed by atoms with E-state index in [4.69, 9.17) is 0 Å². The molecule has 0 saturated heterocycles. The van der Waals surface area contributed by atoms with Crippen molar-refractivity contribution in [2.75, 3.05) is 0 Å². The monoisotopic (exact) mass is 210 g/mol. The van der Waals surface area contributed by atoms with Gasteiger partial charge in [-0.15, -0.1) is 0 Å². The lowest BCUT2D eigenvalue weighted by Gasteiger charge is -2.40. The van der Waals surface area contributed by atoms with Crippen LogP contribution in [0.25, 0.3) is 0 Å². The summed E-state index contributed by atoms with van der Waals surface area (Å²) in [7, 11) is 0. The van der Waals surface area contributed by atoms with Gasteiger partial charge in [0, 0.05) is 0 Å². The number of hydrogen-bond acceptors (Lipinski definition) is 0. The van der Waals surface area contributed by atoms with Crippen LogP contribution in [0.15, 0.2) is 0 Å². The van der Waals surface area contributed by atoms with Crippen molar-refractivity contribution in [1.29, 1.82) is 0 Å². The first kappa shape index (κ1) is 6.81. The van der Waals surface area contributed by atoms with Crippen LogP contribution in [0.2, 0.25) is 0 Å². The Balaban J connectivity index is 1.49. The molecule has 0 heterocycles. The molecule has 0 aliphatic heterocycles. The average Bonchev–Trinajstić information content (AvgIpc) is 3.09. The van der Waals surface area contributed by atoms with Gasteiger partial charge in [-0.05, 0) is 95.7 Å². The van der Waals surface area contributed by atoms with Crippen LogP contribution in [0.5, 0.6) is 0 Å². The summed E-state index contributed by atoms with van der Waals surface area (Å²) in [6.45, 7) is 0. The van der Waals surface area contributed by atoms with Gasteiger partial charge in [0.1, 0.15) is 0 Å². The average molecular weight is 210 g/mol. The highest BCUT2D eigenvalue weighted by Gasteiger charge is 2.94. The van der Waals surface area contributed by atoms with E-state index in [1.54, 1.807) is 19.3 Å². The first-order chi connectivity index (χ1) is 7.93. The van der Waals surface area contributed by atoms with Gasteiger partial charge in [0.15, 0.2) is 0 Å². The lowest BCUT2D eigenvalue weighted by molar-refractivity contribution is 0.0666. The molecule has 0 heteroatoms. The zero-order valence-electron chi connectivity index (χ0n) is 9.55. The van der Waals surface area contributed by atoms with Crippen LogP contribution in [0.3, 0.4) is 0 Å². The van der Waals surface area contributed by atoms with E-state index >= 15 is 0 Å². The van der Waals surface area contributed by atoms with Gasteiger partial charge in [-0.1, -0.05) is 0 Å². The third-order valence-electron chi connectivity index (χ3n) is 9.61. The van der Waals surface area contributed by atoms with Crippen LogP contribution >= 0.6 is 0 Å². The van der Waals surface area contributed by atoms with Crippen molar-refractivity contribution in [3.63, 3.8) is 0 Å². The molecule has 10 saturated carbocycles. The molecule has 10 rings (SSSR count). The molecule has 0 N–H and O–H groups in total. The zero-order valence-corrected chi connectivity index (χ0v) is 9.55. The fourth-order valence-corrected chi connectivity index (χ4v) is 10.0. The fourth-order valence-electron chi connectivity index (χ4n) is 10.0. The summed E-state index contributed by atoms with van der Waals surface area (Å²) in [6.07, 6.45) is 5.05. The van der Waals surface area contributed by atoms with E-state index in [1.165, 1.54) is 71.0 Å². The maximum atomic E-state index is 1.71. The summed E-state index contributed by atoms with van der Waals surface area (Å²) < 4.78 is 0. The Hall–Kier alpha value is 0. The second-order valence-electron chi connectivity index (χ2n) is 8.97. The van der Waals surface area contributed by atoms with E-state index in [-0.39, 0.29) is 0 Å². The summed E-state index contributed by atoms with van der Waals surface area (Å²) in [5.74, 6) is 15.7. The quantitative estimate of drug-likeness (QED) is 0.576. The molecule has 82 valence electrons. The van der Waals surface area contributed by atoms with Crippen LogP contribution in [-0.2, 0) is 0 Å². The van der Waals surface area contributed by atoms with Gasteiger partial charge in [-0.25, -0.2) is 0 Å². The highest BCUT2D eigenvalue weighted by Crippen LogP contribution is 2.99. The lowest BCUT2D eigenvalue weighted by Crippen LogP contribution is -2.36. The summed E-state index contributed by atoms with van der Waals surface area (Å²) in [5.41, 5.74) is 1.02. The minimum absolute atomic E-state index is 1.02. The Morgan fingerprint density at radius 3 is 1.38 bits per heavy atom. The first-order valence-corrected chi connectivity index (χ1v) is 7.93. The third-order valence-corrected chi connectivity index (χ3v) is 9.61. The van der Waals surface area contributed by atoms with Crippen LogP contribution < -0.4 is 0 Å². The molecule has 10 aliphatic rings. The van der Waals surface area contributed by atoms with Crippen molar-refractivity contribution in [3.8, 4) is 0 Å². The highest BCUT2D eigenvalue weighted by molar-refractivity contribution is 5.41. The topological polar surface area (TPSA) is 0 Å². The largest absolute Gasteiger partial charge is 0.0465 e. The molecular formula is C16H18. The third kappa shape index (κ3) is 0.361. The molecule has 10 aliphatic carbocycles. The van der Waals surface area contributed by atoms with Crippen LogP contribution in [-0.4, -0.2) is 0 Å². The maximum Gasteiger partial charge on any atom is -0.0229 e. The Kier molecular flexibility index (Phi) is 0.618. The van der Waals surface area contributed by atoms with Gasteiger partial charge in [-0.2, -0.15) is 0 Å². The zero-order chi connectivity index (χ0) is 9.55. The Labute approximate surface area is 96.2 Å².